The lowest BCUT2D eigenvalue weighted by atomic mass is 10.2. The molecule has 0 saturated carbocycles. The van der Waals surface area contributed by atoms with Crippen LogP contribution in [0, 0.1) is 5.82 Å². The highest BCUT2D eigenvalue weighted by Gasteiger charge is 2.07. The van der Waals surface area contributed by atoms with E-state index in [9.17, 15) is 4.39 Å². The summed E-state index contributed by atoms with van der Waals surface area (Å²) in [6.07, 6.45) is 2.37. The van der Waals surface area contributed by atoms with E-state index in [1.54, 1.807) is 12.1 Å². The van der Waals surface area contributed by atoms with Gasteiger partial charge in [-0.15, -0.1) is 0 Å². The molecule has 2 N–H and O–H groups in total. The number of nitrogens with zero attached hydrogens (tertiary/aromatic N) is 1. The summed E-state index contributed by atoms with van der Waals surface area (Å²) < 4.78 is 12.7. The molecule has 0 aliphatic carbocycles. The molecular weight excluding hydrogens is 229 g/mol. The highest BCUT2D eigenvalue weighted by Crippen LogP contribution is 2.08. The maximum Gasteiger partial charge on any atom is 0.123 e. The van der Waals surface area contributed by atoms with Crippen molar-refractivity contribution in [3.63, 3.8) is 0 Å². The van der Waals surface area contributed by atoms with Gasteiger partial charge in [0.25, 0.3) is 0 Å². The molecule has 1 aromatic carbocycles. The second-order valence-electron chi connectivity index (χ2n) is 4.73. The largest absolute Gasteiger partial charge is 0.385 e. The van der Waals surface area contributed by atoms with E-state index >= 15 is 0 Å². The number of hydrogen-bond donors (Lipinski definition) is 2. The molecule has 100 valence electrons. The third-order valence-corrected chi connectivity index (χ3v) is 3.28. The lowest BCUT2D eigenvalue weighted by Crippen LogP contribution is -2.43. The number of piperazine rings is 1. The zero-order valence-corrected chi connectivity index (χ0v) is 10.8. The fraction of sp³-hybridized carbons (Fsp3) is 0.571. The zero-order valence-electron chi connectivity index (χ0n) is 10.8. The van der Waals surface area contributed by atoms with Crippen LogP contribution in [0.15, 0.2) is 24.3 Å². The van der Waals surface area contributed by atoms with Gasteiger partial charge < -0.3 is 15.5 Å². The van der Waals surface area contributed by atoms with E-state index in [1.807, 2.05) is 0 Å². The van der Waals surface area contributed by atoms with Gasteiger partial charge >= 0.3 is 0 Å². The van der Waals surface area contributed by atoms with Gasteiger partial charge in [-0.1, -0.05) is 0 Å². The summed E-state index contributed by atoms with van der Waals surface area (Å²) in [6, 6.07) is 6.55. The first-order valence-corrected chi connectivity index (χ1v) is 6.77. The van der Waals surface area contributed by atoms with Gasteiger partial charge in [-0.3, -0.25) is 0 Å². The quantitative estimate of drug-likeness (QED) is 0.756. The Morgan fingerprint density at radius 1 is 1.11 bits per heavy atom. The second kappa shape index (κ2) is 7.34. The summed E-state index contributed by atoms with van der Waals surface area (Å²) in [7, 11) is 0. The maximum atomic E-state index is 12.7. The molecule has 0 aromatic heterocycles. The predicted molar refractivity (Wildman–Crippen MR) is 73.4 cm³/mol. The van der Waals surface area contributed by atoms with Crippen LogP contribution in [0.5, 0.6) is 0 Å². The van der Waals surface area contributed by atoms with Crippen LogP contribution in [0.25, 0.3) is 0 Å². The summed E-state index contributed by atoms with van der Waals surface area (Å²) in [5.74, 6) is -0.181. The molecule has 0 unspecified atom stereocenters. The van der Waals surface area contributed by atoms with Gasteiger partial charge in [-0.05, 0) is 43.7 Å². The molecule has 1 fully saturated rings. The van der Waals surface area contributed by atoms with Gasteiger partial charge in [0.15, 0.2) is 0 Å². The lowest BCUT2D eigenvalue weighted by molar-refractivity contribution is 0.237. The van der Waals surface area contributed by atoms with E-state index in [0.29, 0.717) is 0 Å². The summed E-state index contributed by atoms with van der Waals surface area (Å²) in [5, 5.41) is 6.67. The molecule has 0 bridgehead atoms. The molecular formula is C14H22FN3. The molecule has 0 spiro atoms. The number of unbranched alkanes of at least 4 members (excludes halogenated alkanes) is 1. The Kier molecular flexibility index (Phi) is 5.42. The Morgan fingerprint density at radius 3 is 2.56 bits per heavy atom. The summed E-state index contributed by atoms with van der Waals surface area (Å²) in [4.78, 5) is 2.51. The molecule has 1 aliphatic rings. The summed E-state index contributed by atoms with van der Waals surface area (Å²) >= 11 is 0. The van der Waals surface area contributed by atoms with Gasteiger partial charge in [-0.25, -0.2) is 4.39 Å². The number of benzene rings is 1. The van der Waals surface area contributed by atoms with E-state index in [2.05, 4.69) is 15.5 Å². The van der Waals surface area contributed by atoms with Crippen molar-refractivity contribution in [3.05, 3.63) is 30.1 Å². The summed E-state index contributed by atoms with van der Waals surface area (Å²) in [5.41, 5.74) is 0.999. The van der Waals surface area contributed by atoms with Crippen LogP contribution in [-0.4, -0.2) is 44.2 Å². The average Bonchev–Trinajstić information content (AvgIpc) is 2.42. The molecule has 1 aromatic rings. The van der Waals surface area contributed by atoms with Crippen molar-refractivity contribution in [2.45, 2.75) is 12.8 Å². The number of hydrogen-bond acceptors (Lipinski definition) is 3. The van der Waals surface area contributed by atoms with Gasteiger partial charge in [0.05, 0.1) is 0 Å². The van der Waals surface area contributed by atoms with E-state index in [1.165, 1.54) is 38.2 Å². The van der Waals surface area contributed by atoms with Crippen LogP contribution in [0.1, 0.15) is 12.8 Å². The van der Waals surface area contributed by atoms with E-state index in [4.69, 9.17) is 0 Å². The van der Waals surface area contributed by atoms with Gasteiger partial charge in [-0.2, -0.15) is 0 Å². The molecule has 0 atom stereocenters. The normalized spacial score (nSPS) is 16.7. The highest BCUT2D eigenvalue weighted by atomic mass is 19.1. The highest BCUT2D eigenvalue weighted by molar-refractivity contribution is 5.42. The molecule has 2 rings (SSSR count). The van der Waals surface area contributed by atoms with Crippen LogP contribution >= 0.6 is 0 Å². The Labute approximate surface area is 108 Å². The first-order chi connectivity index (χ1) is 8.84. The minimum atomic E-state index is -0.181. The first kappa shape index (κ1) is 13.3. The van der Waals surface area contributed by atoms with Crippen LogP contribution in [0.3, 0.4) is 0 Å². The first-order valence-electron chi connectivity index (χ1n) is 6.77. The molecule has 18 heavy (non-hydrogen) atoms. The van der Waals surface area contributed by atoms with E-state index < -0.39 is 0 Å². The van der Waals surface area contributed by atoms with Crippen LogP contribution in [0.2, 0.25) is 0 Å². The molecule has 1 aliphatic heterocycles. The van der Waals surface area contributed by atoms with Crippen molar-refractivity contribution in [3.8, 4) is 0 Å². The fourth-order valence-corrected chi connectivity index (χ4v) is 2.20. The molecule has 1 heterocycles. The van der Waals surface area contributed by atoms with Crippen molar-refractivity contribution < 1.29 is 4.39 Å². The van der Waals surface area contributed by atoms with Crippen molar-refractivity contribution in [1.82, 2.24) is 10.2 Å². The monoisotopic (exact) mass is 251 g/mol. The van der Waals surface area contributed by atoms with Crippen LogP contribution in [-0.2, 0) is 0 Å². The Morgan fingerprint density at radius 2 is 1.83 bits per heavy atom. The lowest BCUT2D eigenvalue weighted by Gasteiger charge is -2.27. The standard InChI is InChI=1S/C14H22FN3/c15-13-3-5-14(6-4-13)17-7-1-2-10-18-11-8-16-9-12-18/h3-6,16-17H,1-2,7-12H2. The van der Waals surface area contributed by atoms with Gasteiger partial charge in [0, 0.05) is 38.4 Å². The smallest absolute Gasteiger partial charge is 0.123 e. The van der Waals surface area contributed by atoms with E-state index in [-0.39, 0.29) is 5.82 Å². The molecule has 3 nitrogen and oxygen atoms in total. The minimum Gasteiger partial charge on any atom is -0.385 e. The van der Waals surface area contributed by atoms with Crippen LogP contribution in [0.4, 0.5) is 10.1 Å². The van der Waals surface area contributed by atoms with E-state index in [0.717, 1.165) is 31.7 Å². The van der Waals surface area contributed by atoms with Crippen molar-refractivity contribution in [2.75, 3.05) is 44.6 Å². The molecule has 1 saturated heterocycles. The molecule has 0 radical (unpaired) electrons. The number of rotatable bonds is 6. The van der Waals surface area contributed by atoms with Crippen molar-refractivity contribution in [2.24, 2.45) is 0 Å². The SMILES string of the molecule is Fc1ccc(NCCCCN2CCNCC2)cc1. The Hall–Kier alpha value is -1.13. The van der Waals surface area contributed by atoms with Crippen LogP contribution < -0.4 is 10.6 Å². The second-order valence-corrected chi connectivity index (χ2v) is 4.73. The van der Waals surface area contributed by atoms with Crippen molar-refractivity contribution in [1.29, 1.82) is 0 Å². The third kappa shape index (κ3) is 4.63. The number of anilines is 1. The molecule has 4 heteroatoms. The van der Waals surface area contributed by atoms with Gasteiger partial charge in [0.1, 0.15) is 5.82 Å². The Bertz CT molecular complexity index is 333. The number of nitrogens with one attached hydrogen (secondary N) is 2. The zero-order chi connectivity index (χ0) is 12.6. The number of halogens is 1. The topological polar surface area (TPSA) is 27.3 Å². The summed E-state index contributed by atoms with van der Waals surface area (Å²) in [6.45, 7) is 6.73. The fourth-order valence-electron chi connectivity index (χ4n) is 2.20. The Balaban J connectivity index is 1.54. The molecule has 0 amide bonds. The third-order valence-electron chi connectivity index (χ3n) is 3.28. The average molecular weight is 251 g/mol. The van der Waals surface area contributed by atoms with Gasteiger partial charge in [0.2, 0.25) is 0 Å². The van der Waals surface area contributed by atoms with Crippen molar-refractivity contribution >= 4 is 5.69 Å². The minimum absolute atomic E-state index is 0.181. The maximum absolute atomic E-state index is 12.7. The predicted octanol–water partition coefficient (Wildman–Crippen LogP) is 1.92.